The largest absolute Gasteiger partial charge is 0.361 e. The molecule has 0 fully saturated rings. The number of anilines is 1. The first kappa shape index (κ1) is 18.5. The van der Waals surface area contributed by atoms with Crippen LogP contribution in [-0.2, 0) is 6.54 Å². The Labute approximate surface area is 161 Å². The van der Waals surface area contributed by atoms with Crippen molar-refractivity contribution in [3.05, 3.63) is 62.2 Å². The summed E-state index contributed by atoms with van der Waals surface area (Å²) in [6.45, 7) is 7.65. The number of amides is 1. The number of hydrogen-bond acceptors (Lipinski definition) is 4. The number of aromatic nitrogens is 3. The maximum absolute atomic E-state index is 12.7. The van der Waals surface area contributed by atoms with Crippen LogP contribution in [0.25, 0.3) is 0 Å². The predicted molar refractivity (Wildman–Crippen MR) is 101 cm³/mol. The summed E-state index contributed by atoms with van der Waals surface area (Å²) in [5.41, 5.74) is 3.84. The van der Waals surface area contributed by atoms with Gasteiger partial charge in [0.15, 0.2) is 5.69 Å². The minimum Gasteiger partial charge on any atom is -0.361 e. The molecular weight excluding hydrogens is 375 g/mol. The molecule has 0 aliphatic rings. The molecule has 1 N–H and O–H groups in total. The van der Waals surface area contributed by atoms with Crippen molar-refractivity contribution in [1.29, 1.82) is 0 Å². The monoisotopic (exact) mass is 392 g/mol. The highest BCUT2D eigenvalue weighted by Crippen LogP contribution is 2.25. The number of nitrogens with zero attached hydrogens (tertiary/aromatic N) is 3. The van der Waals surface area contributed by atoms with Gasteiger partial charge in [-0.3, -0.25) is 9.48 Å². The first-order valence-corrected chi connectivity index (χ1v) is 8.76. The quantitative estimate of drug-likeness (QED) is 0.697. The van der Waals surface area contributed by atoms with E-state index in [1.54, 1.807) is 29.8 Å². The lowest BCUT2D eigenvalue weighted by Gasteiger charge is -2.09. The van der Waals surface area contributed by atoms with E-state index in [0.717, 1.165) is 17.0 Å². The second-order valence-corrected chi connectivity index (χ2v) is 6.86. The van der Waals surface area contributed by atoms with Crippen LogP contribution in [0.1, 0.15) is 38.8 Å². The van der Waals surface area contributed by atoms with E-state index in [4.69, 9.17) is 27.7 Å². The molecular formula is C18H18Cl2N4O2. The second kappa shape index (κ2) is 7.13. The first-order chi connectivity index (χ1) is 12.3. The molecule has 2 heterocycles. The molecule has 3 aromatic rings. The van der Waals surface area contributed by atoms with Crippen molar-refractivity contribution in [2.24, 2.45) is 0 Å². The van der Waals surface area contributed by atoms with Gasteiger partial charge in [0.05, 0.1) is 23.0 Å². The zero-order valence-electron chi connectivity index (χ0n) is 14.9. The minimum atomic E-state index is -0.366. The fraction of sp³-hybridized carbons (Fsp3) is 0.278. The Balaban J connectivity index is 1.91. The zero-order valence-corrected chi connectivity index (χ0v) is 16.4. The number of benzene rings is 1. The normalized spacial score (nSPS) is 11.0. The molecule has 6 nitrogen and oxygen atoms in total. The smallest absolute Gasteiger partial charge is 0.278 e. The van der Waals surface area contributed by atoms with Crippen molar-refractivity contribution in [3.8, 4) is 0 Å². The maximum atomic E-state index is 12.7. The molecule has 0 saturated heterocycles. The van der Waals surface area contributed by atoms with E-state index in [0.29, 0.717) is 33.6 Å². The van der Waals surface area contributed by atoms with Crippen molar-refractivity contribution >= 4 is 34.8 Å². The first-order valence-electron chi connectivity index (χ1n) is 8.00. The number of hydrogen-bond donors (Lipinski definition) is 1. The van der Waals surface area contributed by atoms with Gasteiger partial charge in [-0.1, -0.05) is 34.4 Å². The Morgan fingerprint density at radius 3 is 2.62 bits per heavy atom. The van der Waals surface area contributed by atoms with Crippen molar-refractivity contribution in [2.75, 3.05) is 5.32 Å². The average molecular weight is 393 g/mol. The van der Waals surface area contributed by atoms with E-state index in [-0.39, 0.29) is 11.6 Å². The third kappa shape index (κ3) is 3.34. The van der Waals surface area contributed by atoms with Crippen LogP contribution in [0.4, 0.5) is 5.69 Å². The molecule has 26 heavy (non-hydrogen) atoms. The number of rotatable bonds is 4. The van der Waals surface area contributed by atoms with Crippen molar-refractivity contribution in [3.63, 3.8) is 0 Å². The summed E-state index contributed by atoms with van der Waals surface area (Å²) in [6, 6.07) is 5.33. The van der Waals surface area contributed by atoms with Crippen molar-refractivity contribution in [2.45, 2.75) is 34.2 Å². The Bertz CT molecular complexity index is 991. The molecule has 2 aromatic heterocycles. The van der Waals surface area contributed by atoms with E-state index < -0.39 is 0 Å². The lowest BCUT2D eigenvalue weighted by molar-refractivity contribution is 0.101. The fourth-order valence-corrected chi connectivity index (χ4v) is 2.97. The van der Waals surface area contributed by atoms with Crippen LogP contribution in [0.3, 0.4) is 0 Å². The molecule has 0 bridgehead atoms. The zero-order chi connectivity index (χ0) is 19.0. The predicted octanol–water partition coefficient (Wildman–Crippen LogP) is 4.71. The van der Waals surface area contributed by atoms with E-state index in [1.165, 1.54) is 0 Å². The van der Waals surface area contributed by atoms with Gasteiger partial charge in [-0.25, -0.2) is 0 Å². The van der Waals surface area contributed by atoms with Crippen LogP contribution in [0.2, 0.25) is 10.0 Å². The second-order valence-electron chi connectivity index (χ2n) is 6.07. The van der Waals surface area contributed by atoms with Gasteiger partial charge in [-0.05, 0) is 45.4 Å². The number of carbonyl (C=O) groups excluding carboxylic acids is 1. The van der Waals surface area contributed by atoms with Gasteiger partial charge in [0.1, 0.15) is 5.76 Å². The van der Waals surface area contributed by atoms with Crippen LogP contribution in [0.15, 0.2) is 22.7 Å². The Kier molecular flexibility index (Phi) is 5.07. The van der Waals surface area contributed by atoms with Crippen LogP contribution >= 0.6 is 23.2 Å². The highest BCUT2D eigenvalue weighted by atomic mass is 35.5. The van der Waals surface area contributed by atoms with Gasteiger partial charge in [0.2, 0.25) is 0 Å². The summed E-state index contributed by atoms with van der Waals surface area (Å²) in [5.74, 6) is 0.191. The lowest BCUT2D eigenvalue weighted by Crippen LogP contribution is -2.17. The molecule has 1 aromatic carbocycles. The molecule has 1 amide bonds. The van der Waals surface area contributed by atoms with Crippen LogP contribution in [-0.4, -0.2) is 20.8 Å². The lowest BCUT2D eigenvalue weighted by atomic mass is 10.1. The number of halogens is 2. The third-order valence-electron chi connectivity index (χ3n) is 4.32. The molecule has 3 rings (SSSR count). The number of aryl methyl sites for hydroxylation is 2. The van der Waals surface area contributed by atoms with Gasteiger partial charge >= 0.3 is 0 Å². The summed E-state index contributed by atoms with van der Waals surface area (Å²) in [7, 11) is 0. The third-order valence-corrected chi connectivity index (χ3v) is 5.27. The average Bonchev–Trinajstić information content (AvgIpc) is 3.08. The summed E-state index contributed by atoms with van der Waals surface area (Å²) >= 11 is 12.3. The highest BCUT2D eigenvalue weighted by Gasteiger charge is 2.22. The van der Waals surface area contributed by atoms with Crippen LogP contribution in [0, 0.1) is 27.7 Å². The Morgan fingerprint density at radius 2 is 1.96 bits per heavy atom. The minimum absolute atomic E-state index is 0.213. The van der Waals surface area contributed by atoms with Gasteiger partial charge in [-0.15, -0.1) is 0 Å². The number of nitrogens with one attached hydrogen (secondary N) is 1. The fourth-order valence-electron chi connectivity index (χ4n) is 2.66. The summed E-state index contributed by atoms with van der Waals surface area (Å²) in [4.78, 5) is 12.7. The van der Waals surface area contributed by atoms with Gasteiger partial charge in [0, 0.05) is 16.3 Å². The van der Waals surface area contributed by atoms with E-state index in [2.05, 4.69) is 15.6 Å². The van der Waals surface area contributed by atoms with Gasteiger partial charge < -0.3 is 9.84 Å². The van der Waals surface area contributed by atoms with Crippen molar-refractivity contribution in [1.82, 2.24) is 14.9 Å². The molecule has 0 radical (unpaired) electrons. The SMILES string of the molecule is Cc1nn(Cc2c(C(=O)Nc3cccc(Cl)c3C)noc2C)c(C)c1Cl. The van der Waals surface area contributed by atoms with E-state index in [1.807, 2.05) is 20.8 Å². The van der Waals surface area contributed by atoms with Crippen LogP contribution in [0.5, 0.6) is 0 Å². The van der Waals surface area contributed by atoms with Crippen molar-refractivity contribution < 1.29 is 9.32 Å². The maximum Gasteiger partial charge on any atom is 0.278 e. The topological polar surface area (TPSA) is 73.0 Å². The standard InChI is InChI=1S/C18H18Cl2N4O2/c1-9-14(19)6-5-7-15(9)21-18(25)17-13(12(4)26-23-17)8-24-11(3)16(20)10(2)22-24/h5-7H,8H2,1-4H3,(H,21,25). The summed E-state index contributed by atoms with van der Waals surface area (Å²) in [5, 5.41) is 12.4. The molecule has 0 aliphatic heterocycles. The summed E-state index contributed by atoms with van der Waals surface area (Å²) < 4.78 is 6.98. The summed E-state index contributed by atoms with van der Waals surface area (Å²) in [6.07, 6.45) is 0. The van der Waals surface area contributed by atoms with E-state index in [9.17, 15) is 4.79 Å². The molecule has 136 valence electrons. The van der Waals surface area contributed by atoms with Crippen LogP contribution < -0.4 is 5.32 Å². The Hall–Kier alpha value is -2.31. The molecule has 8 heteroatoms. The molecule has 0 aliphatic carbocycles. The molecule has 0 atom stereocenters. The Morgan fingerprint density at radius 1 is 1.23 bits per heavy atom. The number of carbonyl (C=O) groups is 1. The molecule has 0 unspecified atom stereocenters. The van der Waals surface area contributed by atoms with E-state index >= 15 is 0 Å². The highest BCUT2D eigenvalue weighted by molar-refractivity contribution is 6.32. The molecule has 0 saturated carbocycles. The molecule has 0 spiro atoms. The van der Waals surface area contributed by atoms with Gasteiger partial charge in [0.25, 0.3) is 5.91 Å². The van der Waals surface area contributed by atoms with Gasteiger partial charge in [-0.2, -0.15) is 5.10 Å².